The molecule has 0 spiro atoms. The van der Waals surface area contributed by atoms with E-state index >= 15 is 0 Å². The van der Waals surface area contributed by atoms with Gasteiger partial charge in [0.2, 0.25) is 0 Å². The molecule has 0 saturated carbocycles. The summed E-state index contributed by atoms with van der Waals surface area (Å²) < 4.78 is 0. The molecular formula is CH6Ni2O. The third kappa shape index (κ3) is 12.5. The molecule has 0 amide bonds. The molecule has 0 atom stereocenters. The first-order valence-corrected chi connectivity index (χ1v) is 0. The van der Waals surface area contributed by atoms with Gasteiger partial charge in [0.05, 0.1) is 0 Å². The molecule has 0 aromatic rings. The summed E-state index contributed by atoms with van der Waals surface area (Å²) >= 11 is 0. The Morgan fingerprint density at radius 3 is 0.750 bits per heavy atom. The van der Waals surface area contributed by atoms with E-state index in [0.29, 0.717) is 0 Å². The Hall–Kier alpha value is 0.947. The third-order valence-corrected chi connectivity index (χ3v) is 0. The third-order valence-electron chi connectivity index (χ3n) is 0. The van der Waals surface area contributed by atoms with E-state index < -0.39 is 0 Å². The van der Waals surface area contributed by atoms with Crippen molar-refractivity contribution in [2.45, 2.75) is 7.43 Å². The molecule has 0 aliphatic rings. The Bertz CT molecular complexity index is 6.00. The number of rotatable bonds is 0. The number of hydrogen-bond donors (Lipinski definition) is 0. The van der Waals surface area contributed by atoms with Crippen molar-refractivity contribution in [2.75, 3.05) is 0 Å². The summed E-state index contributed by atoms with van der Waals surface area (Å²) in [5.74, 6) is 0. The Labute approximate surface area is 46.3 Å². The maximum atomic E-state index is 0. The van der Waals surface area contributed by atoms with Crippen LogP contribution in [0.5, 0.6) is 0 Å². The van der Waals surface area contributed by atoms with Crippen LogP contribution in [0.2, 0.25) is 0 Å². The Morgan fingerprint density at radius 2 is 0.750 bits per heavy atom. The second kappa shape index (κ2) is 38.2. The SMILES string of the molecule is C.O.[Ni].[Ni]. The molecule has 0 radical (unpaired) electrons. The summed E-state index contributed by atoms with van der Waals surface area (Å²) in [7, 11) is 0. The molecule has 0 saturated heterocycles. The van der Waals surface area contributed by atoms with Crippen LogP contribution in [0.4, 0.5) is 0 Å². The Balaban J connectivity index is 0. The topological polar surface area (TPSA) is 31.5 Å². The van der Waals surface area contributed by atoms with Crippen molar-refractivity contribution in [3.63, 3.8) is 0 Å². The fraction of sp³-hybridized carbons (Fsp3) is 1.00. The van der Waals surface area contributed by atoms with E-state index in [1.54, 1.807) is 0 Å². The van der Waals surface area contributed by atoms with Crippen molar-refractivity contribution < 1.29 is 38.5 Å². The molecular weight excluding hydrogens is 145 g/mol. The summed E-state index contributed by atoms with van der Waals surface area (Å²) in [5.41, 5.74) is 0. The summed E-state index contributed by atoms with van der Waals surface area (Å²) in [5, 5.41) is 0. The maximum absolute atomic E-state index is 0. The largest absolute Gasteiger partial charge is 0.412 e. The zero-order chi connectivity index (χ0) is 0. The van der Waals surface area contributed by atoms with E-state index in [4.69, 9.17) is 0 Å². The van der Waals surface area contributed by atoms with E-state index in [0.717, 1.165) is 0 Å². The fourth-order valence-electron chi connectivity index (χ4n) is 0. The Kier molecular flexibility index (Phi) is 821. The van der Waals surface area contributed by atoms with Gasteiger partial charge in [0.1, 0.15) is 0 Å². The average Bonchev–Trinajstić information content (AvgIpc) is 0. The average molecular weight is 151 g/mol. The van der Waals surface area contributed by atoms with Crippen molar-refractivity contribution in [2.24, 2.45) is 0 Å². The van der Waals surface area contributed by atoms with Crippen molar-refractivity contribution in [3.05, 3.63) is 0 Å². The van der Waals surface area contributed by atoms with Gasteiger partial charge in [-0.25, -0.2) is 0 Å². The van der Waals surface area contributed by atoms with Gasteiger partial charge in [-0.1, -0.05) is 7.43 Å². The van der Waals surface area contributed by atoms with Crippen molar-refractivity contribution in [3.8, 4) is 0 Å². The summed E-state index contributed by atoms with van der Waals surface area (Å²) in [6, 6.07) is 0. The first-order chi connectivity index (χ1) is 0. The first kappa shape index (κ1) is 85.9. The molecule has 0 rings (SSSR count). The molecule has 36 valence electrons. The zero-order valence-corrected chi connectivity index (χ0v) is 3.11. The summed E-state index contributed by atoms with van der Waals surface area (Å²) in [6.07, 6.45) is 0. The van der Waals surface area contributed by atoms with Gasteiger partial charge in [0, 0.05) is 33.0 Å². The van der Waals surface area contributed by atoms with Crippen LogP contribution in [0.1, 0.15) is 7.43 Å². The van der Waals surface area contributed by atoms with E-state index in [9.17, 15) is 0 Å². The standard InChI is InChI=1S/CH4.2Ni.H2O/h1H4;;;1H2. The minimum Gasteiger partial charge on any atom is -0.412 e. The van der Waals surface area contributed by atoms with E-state index in [1.807, 2.05) is 0 Å². The van der Waals surface area contributed by atoms with E-state index in [1.165, 1.54) is 0 Å². The zero-order valence-electron chi connectivity index (χ0n) is 1.13. The van der Waals surface area contributed by atoms with E-state index in [2.05, 4.69) is 0 Å². The van der Waals surface area contributed by atoms with Crippen molar-refractivity contribution in [1.29, 1.82) is 0 Å². The van der Waals surface area contributed by atoms with Gasteiger partial charge in [-0.3, -0.25) is 0 Å². The summed E-state index contributed by atoms with van der Waals surface area (Å²) in [6.45, 7) is 0. The minimum atomic E-state index is 0. The second-order valence-corrected chi connectivity index (χ2v) is 0. The van der Waals surface area contributed by atoms with Crippen molar-refractivity contribution in [1.82, 2.24) is 0 Å². The molecule has 0 aliphatic carbocycles. The van der Waals surface area contributed by atoms with Crippen LogP contribution >= 0.6 is 0 Å². The quantitative estimate of drug-likeness (QED) is 0.430. The molecule has 0 aliphatic heterocycles. The van der Waals surface area contributed by atoms with Gasteiger partial charge in [0.15, 0.2) is 0 Å². The molecule has 0 aromatic carbocycles. The molecule has 1 nitrogen and oxygen atoms in total. The molecule has 0 aromatic heterocycles. The molecule has 0 fully saturated rings. The van der Waals surface area contributed by atoms with Crippen molar-refractivity contribution >= 4 is 0 Å². The molecule has 2 N–H and O–H groups in total. The van der Waals surface area contributed by atoms with Crippen LogP contribution in [0.3, 0.4) is 0 Å². The number of hydrogen-bond acceptors (Lipinski definition) is 0. The minimum absolute atomic E-state index is 0. The molecule has 0 unspecified atom stereocenters. The van der Waals surface area contributed by atoms with E-state index in [-0.39, 0.29) is 45.9 Å². The molecule has 0 heterocycles. The van der Waals surface area contributed by atoms with Crippen LogP contribution in [-0.2, 0) is 33.0 Å². The van der Waals surface area contributed by atoms with Crippen LogP contribution < -0.4 is 0 Å². The normalized spacial score (nSPS) is 0. The predicted octanol–water partition coefficient (Wildman–Crippen LogP) is -0.194. The predicted molar refractivity (Wildman–Crippen MR) is 10.3 cm³/mol. The van der Waals surface area contributed by atoms with Gasteiger partial charge >= 0.3 is 0 Å². The van der Waals surface area contributed by atoms with Gasteiger partial charge in [-0.15, -0.1) is 0 Å². The smallest absolute Gasteiger partial charge is 0 e. The van der Waals surface area contributed by atoms with Crippen LogP contribution in [0.25, 0.3) is 0 Å². The van der Waals surface area contributed by atoms with Crippen LogP contribution in [0, 0.1) is 0 Å². The maximum Gasteiger partial charge on any atom is 0 e. The fourth-order valence-corrected chi connectivity index (χ4v) is 0. The molecule has 3 heteroatoms. The van der Waals surface area contributed by atoms with Gasteiger partial charge in [0.25, 0.3) is 0 Å². The van der Waals surface area contributed by atoms with Crippen LogP contribution in [0.15, 0.2) is 0 Å². The Morgan fingerprint density at radius 1 is 0.750 bits per heavy atom. The van der Waals surface area contributed by atoms with Gasteiger partial charge in [-0.2, -0.15) is 0 Å². The van der Waals surface area contributed by atoms with Gasteiger partial charge in [-0.05, 0) is 0 Å². The second-order valence-electron chi connectivity index (χ2n) is 0. The first-order valence-electron chi connectivity index (χ1n) is 0. The summed E-state index contributed by atoms with van der Waals surface area (Å²) in [4.78, 5) is 0. The molecule has 0 bridgehead atoms. The molecule has 4 heavy (non-hydrogen) atoms. The monoisotopic (exact) mass is 150 g/mol. The van der Waals surface area contributed by atoms with Gasteiger partial charge < -0.3 is 5.48 Å². The van der Waals surface area contributed by atoms with Crippen LogP contribution in [-0.4, -0.2) is 5.48 Å².